The first-order valence-electron chi connectivity index (χ1n) is 7.06. The molecule has 0 aromatic carbocycles. The summed E-state index contributed by atoms with van der Waals surface area (Å²) in [6, 6.07) is 3.34. The van der Waals surface area contributed by atoms with Gasteiger partial charge in [-0.25, -0.2) is 0 Å². The second kappa shape index (κ2) is 5.85. The molecule has 4 nitrogen and oxygen atoms in total. The molecule has 1 aliphatic heterocycles. The Labute approximate surface area is 110 Å². The molecule has 0 amide bonds. The molecule has 0 aliphatic carbocycles. The van der Waals surface area contributed by atoms with Crippen LogP contribution in [0.3, 0.4) is 0 Å². The number of piperazine rings is 1. The number of nitrogens with one attached hydrogen (secondary N) is 1. The maximum absolute atomic E-state index is 4.50. The maximum Gasteiger partial charge on any atom is 0.0764 e. The largest absolute Gasteiger partial charge is 0.311 e. The van der Waals surface area contributed by atoms with Crippen LogP contribution in [0.15, 0.2) is 12.3 Å². The van der Waals surface area contributed by atoms with Gasteiger partial charge in [-0.15, -0.1) is 0 Å². The summed E-state index contributed by atoms with van der Waals surface area (Å²) < 4.78 is 1.89. The number of rotatable bonds is 4. The van der Waals surface area contributed by atoms with E-state index in [1.807, 2.05) is 17.9 Å². The molecule has 1 saturated heterocycles. The van der Waals surface area contributed by atoms with Gasteiger partial charge in [-0.05, 0) is 18.9 Å². The van der Waals surface area contributed by atoms with Crippen LogP contribution in [0.2, 0.25) is 0 Å². The summed E-state index contributed by atoms with van der Waals surface area (Å²) in [6.07, 6.45) is 3.26. The van der Waals surface area contributed by atoms with E-state index in [1.165, 1.54) is 12.1 Å². The highest BCUT2D eigenvalue weighted by Crippen LogP contribution is 2.20. The Kier molecular flexibility index (Phi) is 4.40. The summed E-state index contributed by atoms with van der Waals surface area (Å²) in [5, 5.41) is 8.10. The molecule has 0 saturated carbocycles. The lowest BCUT2D eigenvalue weighted by Crippen LogP contribution is -2.57. The van der Waals surface area contributed by atoms with E-state index < -0.39 is 0 Å². The van der Waals surface area contributed by atoms with E-state index >= 15 is 0 Å². The van der Waals surface area contributed by atoms with Gasteiger partial charge in [-0.3, -0.25) is 9.58 Å². The van der Waals surface area contributed by atoms with Crippen LogP contribution in [-0.2, 0) is 13.6 Å². The van der Waals surface area contributed by atoms with E-state index in [2.05, 4.69) is 42.2 Å². The molecule has 1 fully saturated rings. The topological polar surface area (TPSA) is 33.1 Å². The monoisotopic (exact) mass is 250 g/mol. The van der Waals surface area contributed by atoms with Crippen LogP contribution < -0.4 is 5.32 Å². The molecule has 3 unspecified atom stereocenters. The van der Waals surface area contributed by atoms with Crippen LogP contribution in [0.4, 0.5) is 0 Å². The molecule has 1 aliphatic rings. The highest BCUT2D eigenvalue weighted by molar-refractivity contribution is 5.00. The predicted octanol–water partition coefficient (Wildman–Crippen LogP) is 1.63. The van der Waals surface area contributed by atoms with Crippen LogP contribution in [0, 0.1) is 5.92 Å². The third-order valence-electron chi connectivity index (χ3n) is 4.09. The molecule has 2 heterocycles. The lowest BCUT2D eigenvalue weighted by molar-refractivity contribution is 0.0871. The normalized spacial score (nSPS) is 27.3. The van der Waals surface area contributed by atoms with Gasteiger partial charge in [0, 0.05) is 45.0 Å². The van der Waals surface area contributed by atoms with Crippen molar-refractivity contribution in [2.45, 2.75) is 45.8 Å². The van der Waals surface area contributed by atoms with Crippen LogP contribution in [-0.4, -0.2) is 39.9 Å². The summed E-state index contributed by atoms with van der Waals surface area (Å²) in [5.74, 6) is 0.730. The quantitative estimate of drug-likeness (QED) is 0.881. The van der Waals surface area contributed by atoms with Crippen molar-refractivity contribution in [3.05, 3.63) is 18.0 Å². The van der Waals surface area contributed by atoms with Crippen LogP contribution in [0.5, 0.6) is 0 Å². The average molecular weight is 250 g/mol. The molecule has 102 valence electrons. The van der Waals surface area contributed by atoms with Crippen molar-refractivity contribution >= 4 is 0 Å². The summed E-state index contributed by atoms with van der Waals surface area (Å²) in [6.45, 7) is 10.1. The van der Waals surface area contributed by atoms with Crippen molar-refractivity contribution in [2.24, 2.45) is 13.0 Å². The Morgan fingerprint density at radius 1 is 1.56 bits per heavy atom. The number of hydrogen-bond donors (Lipinski definition) is 1. The Morgan fingerprint density at radius 2 is 2.33 bits per heavy atom. The summed E-state index contributed by atoms with van der Waals surface area (Å²) in [7, 11) is 1.98. The SMILES string of the molecule is CCC(C)C1CNC(C)CN1Cc1ccn(C)n1. The van der Waals surface area contributed by atoms with Crippen molar-refractivity contribution in [3.8, 4) is 0 Å². The molecule has 18 heavy (non-hydrogen) atoms. The van der Waals surface area contributed by atoms with Gasteiger partial charge in [-0.2, -0.15) is 5.10 Å². The van der Waals surface area contributed by atoms with Gasteiger partial charge >= 0.3 is 0 Å². The maximum atomic E-state index is 4.50. The molecule has 1 aromatic rings. The lowest BCUT2D eigenvalue weighted by atomic mass is 9.94. The molecule has 1 aromatic heterocycles. The molecular weight excluding hydrogens is 224 g/mol. The first-order valence-corrected chi connectivity index (χ1v) is 7.06. The van der Waals surface area contributed by atoms with E-state index in [1.54, 1.807) is 0 Å². The summed E-state index contributed by atoms with van der Waals surface area (Å²) >= 11 is 0. The number of aryl methyl sites for hydroxylation is 1. The summed E-state index contributed by atoms with van der Waals surface area (Å²) in [4.78, 5) is 2.59. The van der Waals surface area contributed by atoms with Gasteiger partial charge in [0.25, 0.3) is 0 Å². The fraction of sp³-hybridized carbons (Fsp3) is 0.786. The van der Waals surface area contributed by atoms with Crippen molar-refractivity contribution < 1.29 is 0 Å². The molecule has 2 rings (SSSR count). The highest BCUT2D eigenvalue weighted by Gasteiger charge is 2.29. The third-order valence-corrected chi connectivity index (χ3v) is 4.09. The Balaban J connectivity index is 2.05. The molecule has 3 atom stereocenters. The van der Waals surface area contributed by atoms with Crippen molar-refractivity contribution in [3.63, 3.8) is 0 Å². The molecule has 4 heteroatoms. The van der Waals surface area contributed by atoms with Gasteiger partial charge in [0.1, 0.15) is 0 Å². The minimum Gasteiger partial charge on any atom is -0.311 e. The molecule has 0 bridgehead atoms. The fourth-order valence-corrected chi connectivity index (χ4v) is 2.77. The van der Waals surface area contributed by atoms with Gasteiger partial charge in [0.2, 0.25) is 0 Å². The fourth-order valence-electron chi connectivity index (χ4n) is 2.77. The molecule has 0 radical (unpaired) electrons. The minimum absolute atomic E-state index is 0.578. The number of nitrogens with zero attached hydrogens (tertiary/aromatic N) is 3. The van der Waals surface area contributed by atoms with E-state index in [-0.39, 0.29) is 0 Å². The van der Waals surface area contributed by atoms with E-state index in [4.69, 9.17) is 0 Å². The Morgan fingerprint density at radius 3 is 2.94 bits per heavy atom. The predicted molar refractivity (Wildman–Crippen MR) is 74.3 cm³/mol. The standard InChI is InChI=1S/C14H26N4/c1-5-11(2)14-8-15-12(3)9-18(14)10-13-6-7-17(4)16-13/h6-7,11-12,14-15H,5,8-10H2,1-4H3. The zero-order chi connectivity index (χ0) is 13.1. The van der Waals surface area contributed by atoms with Gasteiger partial charge < -0.3 is 5.32 Å². The number of aromatic nitrogens is 2. The average Bonchev–Trinajstić information content (AvgIpc) is 2.74. The second-order valence-electron chi connectivity index (χ2n) is 5.67. The minimum atomic E-state index is 0.578. The molecular formula is C14H26N4. The van der Waals surface area contributed by atoms with Crippen LogP contribution in [0.25, 0.3) is 0 Å². The highest BCUT2D eigenvalue weighted by atomic mass is 15.3. The zero-order valence-corrected chi connectivity index (χ0v) is 12.1. The molecule has 1 N–H and O–H groups in total. The second-order valence-corrected chi connectivity index (χ2v) is 5.67. The summed E-state index contributed by atoms with van der Waals surface area (Å²) in [5.41, 5.74) is 1.18. The van der Waals surface area contributed by atoms with Crippen molar-refractivity contribution in [1.29, 1.82) is 0 Å². The van der Waals surface area contributed by atoms with E-state index in [0.717, 1.165) is 25.6 Å². The third kappa shape index (κ3) is 3.12. The first-order chi connectivity index (χ1) is 8.60. The zero-order valence-electron chi connectivity index (χ0n) is 12.1. The first kappa shape index (κ1) is 13.6. The van der Waals surface area contributed by atoms with Gasteiger partial charge in [-0.1, -0.05) is 20.3 Å². The van der Waals surface area contributed by atoms with Crippen LogP contribution in [0.1, 0.15) is 32.9 Å². The van der Waals surface area contributed by atoms with Crippen molar-refractivity contribution in [2.75, 3.05) is 13.1 Å². The smallest absolute Gasteiger partial charge is 0.0764 e. The van der Waals surface area contributed by atoms with E-state index in [9.17, 15) is 0 Å². The molecule has 0 spiro atoms. The van der Waals surface area contributed by atoms with Crippen molar-refractivity contribution in [1.82, 2.24) is 20.0 Å². The van der Waals surface area contributed by atoms with Crippen LogP contribution >= 0.6 is 0 Å². The Hall–Kier alpha value is -0.870. The van der Waals surface area contributed by atoms with Gasteiger partial charge in [0.05, 0.1) is 5.69 Å². The van der Waals surface area contributed by atoms with Gasteiger partial charge in [0.15, 0.2) is 0 Å². The lowest BCUT2D eigenvalue weighted by Gasteiger charge is -2.41. The van der Waals surface area contributed by atoms with E-state index in [0.29, 0.717) is 12.1 Å². The number of hydrogen-bond acceptors (Lipinski definition) is 3. The Bertz CT molecular complexity index is 374.